The molecule has 2 heterocycles. The van der Waals surface area contributed by atoms with Crippen molar-refractivity contribution in [2.45, 2.75) is 18.1 Å². The quantitative estimate of drug-likeness (QED) is 0.551. The van der Waals surface area contributed by atoms with E-state index in [1.54, 1.807) is 5.38 Å². The maximum Gasteiger partial charge on any atom is 0.330 e. The summed E-state index contributed by atoms with van der Waals surface area (Å²) in [4.78, 5) is 28.0. The minimum atomic E-state index is -3.66. The van der Waals surface area contributed by atoms with Crippen molar-refractivity contribution in [3.05, 3.63) is 78.8 Å². The van der Waals surface area contributed by atoms with Crippen LogP contribution in [0, 0.1) is 5.82 Å². The third-order valence-corrected chi connectivity index (χ3v) is 6.48. The lowest BCUT2D eigenvalue weighted by Crippen LogP contribution is -2.38. The largest absolute Gasteiger partial charge is 0.486 e. The number of ether oxygens (including phenoxy) is 1. The van der Waals surface area contributed by atoms with E-state index in [2.05, 4.69) is 4.98 Å². The Balaban J connectivity index is 1.68. The van der Waals surface area contributed by atoms with Crippen molar-refractivity contribution in [3.63, 3.8) is 0 Å². The van der Waals surface area contributed by atoms with Crippen LogP contribution in [0.15, 0.2) is 45.3 Å². The molecule has 0 N–H and O–H groups in total. The Morgan fingerprint density at radius 3 is 2.48 bits per heavy atom. The molecule has 0 fully saturated rings. The highest BCUT2D eigenvalue weighted by Crippen LogP contribution is 2.18. The summed E-state index contributed by atoms with van der Waals surface area (Å²) in [5, 5.41) is 2.18. The number of hydrogen-bond donors (Lipinski definition) is 0. The number of aromatic nitrogens is 3. The van der Waals surface area contributed by atoms with Crippen LogP contribution in [0.2, 0.25) is 0 Å². The summed E-state index contributed by atoms with van der Waals surface area (Å²) in [6, 6.07) is 6.67. The molecule has 0 saturated carbocycles. The molecule has 0 radical (unpaired) electrons. The minimum absolute atomic E-state index is 0.119. The van der Waals surface area contributed by atoms with Gasteiger partial charge in [-0.25, -0.2) is 22.6 Å². The molecule has 29 heavy (non-hydrogen) atoms. The zero-order valence-corrected chi connectivity index (χ0v) is 17.3. The number of nitrogens with zero attached hydrogens (tertiary/aromatic N) is 3. The zero-order chi connectivity index (χ0) is 21.2. The molecule has 0 saturated heterocycles. The minimum Gasteiger partial charge on any atom is -0.486 e. The Labute approximate surface area is 169 Å². The van der Waals surface area contributed by atoms with Crippen LogP contribution in [0.4, 0.5) is 4.39 Å². The van der Waals surface area contributed by atoms with E-state index in [9.17, 15) is 22.4 Å². The van der Waals surface area contributed by atoms with Gasteiger partial charge in [-0.05, 0) is 24.3 Å². The van der Waals surface area contributed by atoms with Crippen LogP contribution in [0.25, 0.3) is 0 Å². The van der Waals surface area contributed by atoms with Gasteiger partial charge < -0.3 is 4.74 Å². The van der Waals surface area contributed by atoms with E-state index in [1.807, 2.05) is 0 Å². The molecule has 0 aliphatic carbocycles. The van der Waals surface area contributed by atoms with E-state index < -0.39 is 26.8 Å². The maximum atomic E-state index is 12.9. The van der Waals surface area contributed by atoms with Crippen LogP contribution in [0.3, 0.4) is 0 Å². The van der Waals surface area contributed by atoms with Gasteiger partial charge in [0.2, 0.25) is 0 Å². The normalized spacial score (nSPS) is 11.6. The van der Waals surface area contributed by atoms with E-state index >= 15 is 0 Å². The average molecular weight is 439 g/mol. The molecule has 2 aromatic heterocycles. The lowest BCUT2D eigenvalue weighted by molar-refractivity contribution is 0.305. The van der Waals surface area contributed by atoms with Gasteiger partial charge in [0.15, 0.2) is 9.84 Å². The fourth-order valence-corrected chi connectivity index (χ4v) is 4.81. The molecule has 1 aromatic carbocycles. The topological polar surface area (TPSA) is 100 Å². The molecular weight excluding hydrogens is 421 g/mol. The van der Waals surface area contributed by atoms with Gasteiger partial charge in [-0.15, -0.1) is 11.3 Å². The van der Waals surface area contributed by atoms with E-state index in [1.165, 1.54) is 49.7 Å². The molecule has 0 aliphatic heterocycles. The number of benzene rings is 1. The molecule has 0 unspecified atom stereocenters. The van der Waals surface area contributed by atoms with Crippen molar-refractivity contribution in [2.75, 3.05) is 0 Å². The average Bonchev–Trinajstić information content (AvgIpc) is 3.10. The first-order valence-electron chi connectivity index (χ1n) is 8.42. The molecule has 0 aliphatic rings. The van der Waals surface area contributed by atoms with Crippen molar-refractivity contribution < 1.29 is 17.5 Å². The monoisotopic (exact) mass is 439 g/mol. The fourth-order valence-electron chi connectivity index (χ4n) is 2.58. The maximum absolute atomic E-state index is 12.9. The van der Waals surface area contributed by atoms with Crippen LogP contribution >= 0.6 is 11.3 Å². The Bertz CT molecular complexity index is 1240. The van der Waals surface area contributed by atoms with Crippen LogP contribution in [0.1, 0.15) is 16.4 Å². The highest BCUT2D eigenvalue weighted by molar-refractivity contribution is 7.89. The predicted octanol–water partition coefficient (Wildman–Crippen LogP) is 1.37. The van der Waals surface area contributed by atoms with Crippen molar-refractivity contribution in [1.29, 1.82) is 0 Å². The summed E-state index contributed by atoms with van der Waals surface area (Å²) >= 11 is 1.25. The number of hydrogen-bond acceptors (Lipinski definition) is 7. The standard InChI is InChI=1S/C18H18FN3O5S2/c1-21-14(7-17(23)22(2)18(21)24)11-29(25,26)10-13-9-28-16(20-13)8-27-15-5-3-12(19)4-6-15/h3-7,9H,8,10-11H2,1-2H3. The summed E-state index contributed by atoms with van der Waals surface area (Å²) in [6.45, 7) is 0.125. The molecule has 3 aromatic rings. The third-order valence-electron chi connectivity index (χ3n) is 4.14. The van der Waals surface area contributed by atoms with Gasteiger partial charge in [0.05, 0.1) is 17.2 Å². The second-order valence-electron chi connectivity index (χ2n) is 6.38. The van der Waals surface area contributed by atoms with Gasteiger partial charge in [-0.1, -0.05) is 0 Å². The molecule has 8 nitrogen and oxygen atoms in total. The predicted molar refractivity (Wildman–Crippen MR) is 106 cm³/mol. The molecule has 0 atom stereocenters. The van der Waals surface area contributed by atoms with Gasteiger partial charge in [0.1, 0.15) is 23.2 Å². The first-order chi connectivity index (χ1) is 13.6. The summed E-state index contributed by atoms with van der Waals surface area (Å²) in [6.07, 6.45) is 0. The molecule has 154 valence electrons. The summed E-state index contributed by atoms with van der Waals surface area (Å²) < 4.78 is 45.5. The number of rotatable bonds is 7. The lowest BCUT2D eigenvalue weighted by atomic mass is 10.3. The second kappa shape index (κ2) is 8.29. The second-order valence-corrected chi connectivity index (χ2v) is 9.39. The van der Waals surface area contributed by atoms with Gasteiger partial charge in [0, 0.05) is 31.2 Å². The van der Waals surface area contributed by atoms with E-state index in [0.29, 0.717) is 16.5 Å². The Morgan fingerprint density at radius 2 is 1.79 bits per heavy atom. The Morgan fingerprint density at radius 1 is 1.10 bits per heavy atom. The highest BCUT2D eigenvalue weighted by Gasteiger charge is 2.18. The molecule has 3 rings (SSSR count). The Kier molecular flexibility index (Phi) is 5.99. The van der Waals surface area contributed by atoms with Gasteiger partial charge in [-0.3, -0.25) is 13.9 Å². The van der Waals surface area contributed by atoms with Gasteiger partial charge in [-0.2, -0.15) is 0 Å². The fraction of sp³-hybridized carbons (Fsp3) is 0.278. The number of halogens is 1. The molecule has 0 bridgehead atoms. The smallest absolute Gasteiger partial charge is 0.330 e. The van der Waals surface area contributed by atoms with Crippen LogP contribution in [-0.2, 0) is 42.0 Å². The van der Waals surface area contributed by atoms with Crippen molar-refractivity contribution >= 4 is 21.2 Å². The van der Waals surface area contributed by atoms with E-state index in [-0.39, 0.29) is 23.9 Å². The number of thiazole rings is 1. The summed E-state index contributed by atoms with van der Waals surface area (Å²) in [5.74, 6) is -0.674. The summed E-state index contributed by atoms with van der Waals surface area (Å²) in [7, 11) is -0.917. The van der Waals surface area contributed by atoms with E-state index in [4.69, 9.17) is 4.74 Å². The molecular formula is C18H18FN3O5S2. The SMILES string of the molecule is Cn1c(CS(=O)(=O)Cc2csc(COc3ccc(F)cc3)n2)cc(=O)n(C)c1=O. The van der Waals surface area contributed by atoms with Crippen molar-refractivity contribution in [2.24, 2.45) is 14.1 Å². The van der Waals surface area contributed by atoms with Crippen LogP contribution in [-0.4, -0.2) is 22.5 Å². The lowest BCUT2D eigenvalue weighted by Gasteiger charge is -2.09. The molecule has 0 spiro atoms. The van der Waals surface area contributed by atoms with Crippen molar-refractivity contribution in [1.82, 2.24) is 14.1 Å². The zero-order valence-electron chi connectivity index (χ0n) is 15.7. The Hall–Kier alpha value is -2.79. The first-order valence-corrected chi connectivity index (χ1v) is 11.1. The molecule has 11 heteroatoms. The first kappa shape index (κ1) is 20.9. The van der Waals surface area contributed by atoms with Crippen LogP contribution < -0.4 is 16.0 Å². The number of sulfone groups is 1. The van der Waals surface area contributed by atoms with Crippen LogP contribution in [0.5, 0.6) is 5.75 Å². The highest BCUT2D eigenvalue weighted by atomic mass is 32.2. The van der Waals surface area contributed by atoms with Crippen molar-refractivity contribution in [3.8, 4) is 5.75 Å². The van der Waals surface area contributed by atoms with E-state index in [0.717, 1.165) is 15.2 Å². The van der Waals surface area contributed by atoms with Gasteiger partial charge >= 0.3 is 5.69 Å². The summed E-state index contributed by atoms with van der Waals surface area (Å²) in [5.41, 5.74) is -0.682. The molecule has 0 amide bonds. The third kappa shape index (κ3) is 5.18. The van der Waals surface area contributed by atoms with Gasteiger partial charge in [0.25, 0.3) is 5.56 Å².